The highest BCUT2D eigenvalue weighted by Gasteiger charge is 2.38. The first-order valence-corrected chi connectivity index (χ1v) is 16.2. The molecule has 222 valence electrons. The number of sulfonamides is 2. The van der Waals surface area contributed by atoms with Gasteiger partial charge in [0.05, 0.1) is 16.4 Å². The van der Waals surface area contributed by atoms with Crippen LogP contribution >= 0.6 is 0 Å². The van der Waals surface area contributed by atoms with Crippen molar-refractivity contribution in [3.63, 3.8) is 0 Å². The zero-order valence-electron chi connectivity index (χ0n) is 22.6. The second-order valence-corrected chi connectivity index (χ2v) is 13.8. The third-order valence-corrected chi connectivity index (χ3v) is 11.2. The van der Waals surface area contributed by atoms with Crippen LogP contribution in [0.4, 0.5) is 5.69 Å². The molecule has 1 fully saturated rings. The number of anilines is 1. The highest BCUT2D eigenvalue weighted by atomic mass is 32.3. The molecule has 0 aromatic heterocycles. The summed E-state index contributed by atoms with van der Waals surface area (Å²) in [5, 5.41) is 24.9. The van der Waals surface area contributed by atoms with Crippen LogP contribution in [0.3, 0.4) is 0 Å². The zero-order chi connectivity index (χ0) is 29.9. The average Bonchev–Trinajstić information content (AvgIpc) is 2.92. The van der Waals surface area contributed by atoms with E-state index in [9.17, 15) is 26.7 Å². The van der Waals surface area contributed by atoms with Gasteiger partial charge in [0.1, 0.15) is 11.9 Å². The van der Waals surface area contributed by atoms with Crippen LogP contribution in [0.25, 0.3) is 0 Å². The summed E-state index contributed by atoms with van der Waals surface area (Å²) in [4.78, 5) is 14.6. The van der Waals surface area contributed by atoms with E-state index in [4.69, 9.17) is 21.3 Å². The summed E-state index contributed by atoms with van der Waals surface area (Å²) in [5.41, 5.74) is 6.80. The Balaban J connectivity index is 1.61. The number of hydrogen-bond donors (Lipinski definition) is 4. The van der Waals surface area contributed by atoms with E-state index in [-0.39, 0.29) is 32.9 Å². The largest absolute Gasteiger partial charge is 0.490 e. The molecule has 0 saturated carbocycles. The Hall–Kier alpha value is -3.85. The number of aliphatic carboxylic acids is 1. The first-order valence-electron chi connectivity index (χ1n) is 13.1. The molecule has 15 heteroatoms. The molecule has 13 nitrogen and oxygen atoms in total. The summed E-state index contributed by atoms with van der Waals surface area (Å²) in [5.74, 6) is -2.31. The zero-order valence-corrected chi connectivity index (χ0v) is 24.2. The summed E-state index contributed by atoms with van der Waals surface area (Å²) in [6.07, 6.45) is 2.45. The number of nitrogens with one attached hydrogen (secondary N) is 2. The maximum absolute atomic E-state index is 13.8. The monoisotopic (exact) mass is 606 g/mol. The van der Waals surface area contributed by atoms with Gasteiger partial charge in [0.2, 0.25) is 0 Å². The van der Waals surface area contributed by atoms with Crippen molar-refractivity contribution in [2.45, 2.75) is 50.2 Å². The molecule has 2 aromatic rings. The molecule has 2 aliphatic heterocycles. The second kappa shape index (κ2) is 11.9. The van der Waals surface area contributed by atoms with Crippen LogP contribution < -0.4 is 14.2 Å². The number of benzene rings is 2. The lowest BCUT2D eigenvalue weighted by molar-refractivity contribution is -0.134. The van der Waals surface area contributed by atoms with Crippen LogP contribution in [-0.2, 0) is 37.8 Å². The minimum Gasteiger partial charge on any atom is -0.490 e. The smallest absolute Gasteiger partial charge is 0.320 e. The van der Waals surface area contributed by atoms with E-state index in [1.165, 1.54) is 36.4 Å². The minimum atomic E-state index is -4.87. The van der Waals surface area contributed by atoms with Gasteiger partial charge in [-0.25, -0.2) is 16.8 Å². The van der Waals surface area contributed by atoms with Crippen molar-refractivity contribution in [1.29, 1.82) is 10.8 Å². The van der Waals surface area contributed by atoms with Crippen LogP contribution in [0, 0.1) is 10.8 Å². The molecule has 41 heavy (non-hydrogen) atoms. The summed E-state index contributed by atoms with van der Waals surface area (Å²) in [6, 6.07) is 9.65. The van der Waals surface area contributed by atoms with Crippen LogP contribution in [0.2, 0.25) is 0 Å². The molecule has 2 aliphatic rings. The molecular weight excluding hydrogens is 572 g/mol. The average molecular weight is 607 g/mol. The van der Waals surface area contributed by atoms with Gasteiger partial charge in [0, 0.05) is 45.4 Å². The SMILES string of the molecule is CCC(=N)N1CCC(Oc2ccc(S(=O)(=O)N(c3ccc4c(c3)CN(C(=N)N)CC4)S(=O)(=O)CC(=O)O)cc2)CC1. The van der Waals surface area contributed by atoms with Crippen molar-refractivity contribution in [3.8, 4) is 5.75 Å². The van der Waals surface area contributed by atoms with E-state index in [2.05, 4.69) is 0 Å². The Kier molecular flexibility index (Phi) is 8.77. The lowest BCUT2D eigenvalue weighted by atomic mass is 9.99. The Bertz CT molecular complexity index is 1540. The number of nitrogens with zero attached hydrogens (tertiary/aromatic N) is 3. The number of fused-ring (bicyclic) bond motifs is 1. The number of carboxylic acid groups (broad SMARTS) is 1. The van der Waals surface area contributed by atoms with Gasteiger partial charge < -0.3 is 25.4 Å². The maximum Gasteiger partial charge on any atom is 0.320 e. The maximum atomic E-state index is 13.8. The molecule has 0 spiro atoms. The summed E-state index contributed by atoms with van der Waals surface area (Å²) >= 11 is 0. The number of nitrogens with two attached hydrogens (primary N) is 1. The highest BCUT2D eigenvalue weighted by Crippen LogP contribution is 2.32. The number of ether oxygens (including phenoxy) is 1. The number of carboxylic acids is 1. The number of guanidine groups is 1. The number of hydrogen-bond acceptors (Lipinski definition) is 8. The van der Waals surface area contributed by atoms with Gasteiger partial charge in [-0.15, -0.1) is 0 Å². The Morgan fingerprint density at radius 1 is 1.02 bits per heavy atom. The Morgan fingerprint density at radius 2 is 1.68 bits per heavy atom. The Morgan fingerprint density at radius 3 is 2.27 bits per heavy atom. The quantitative estimate of drug-likeness (QED) is 0.241. The predicted octanol–water partition coefficient (Wildman–Crippen LogP) is 1.78. The number of amidine groups is 1. The predicted molar refractivity (Wildman–Crippen MR) is 153 cm³/mol. The molecule has 0 amide bonds. The molecule has 2 aromatic carbocycles. The van der Waals surface area contributed by atoms with Gasteiger partial charge in [0.15, 0.2) is 11.7 Å². The topological polar surface area (TPSA) is 198 Å². The van der Waals surface area contributed by atoms with Gasteiger partial charge in [0.25, 0.3) is 20.0 Å². The second-order valence-electron chi connectivity index (χ2n) is 9.94. The van der Waals surface area contributed by atoms with Crippen molar-refractivity contribution >= 4 is 43.5 Å². The van der Waals surface area contributed by atoms with Crippen LogP contribution in [0.5, 0.6) is 5.75 Å². The highest BCUT2D eigenvalue weighted by molar-refractivity contribution is 8.10. The summed E-state index contributed by atoms with van der Waals surface area (Å²) in [6.45, 7) is 3.96. The van der Waals surface area contributed by atoms with E-state index in [1.54, 1.807) is 11.0 Å². The summed E-state index contributed by atoms with van der Waals surface area (Å²) in [7, 11) is -9.64. The van der Waals surface area contributed by atoms with Gasteiger partial charge >= 0.3 is 5.97 Å². The molecule has 0 radical (unpaired) electrons. The molecule has 2 heterocycles. The van der Waals surface area contributed by atoms with Crippen molar-refractivity contribution in [2.24, 2.45) is 5.73 Å². The van der Waals surface area contributed by atoms with Crippen LogP contribution in [0.15, 0.2) is 47.4 Å². The summed E-state index contributed by atoms with van der Waals surface area (Å²) < 4.78 is 60.0. The standard InChI is InChI=1S/C26H34N6O7S2/c1-2-24(27)30-13-10-22(11-14-30)39-21-5-7-23(8-6-21)41(37,38)32(40(35,36)17-25(33)34)20-4-3-18-9-12-31(26(28)29)16-19(18)15-20/h3-8,15,22,27H,2,9-14,16-17H2,1H3,(H3,28,29)(H,33,34). The van der Waals surface area contributed by atoms with Crippen molar-refractivity contribution in [2.75, 3.05) is 29.1 Å². The molecule has 1 saturated heterocycles. The van der Waals surface area contributed by atoms with Gasteiger partial charge in [-0.2, -0.15) is 3.71 Å². The van der Waals surface area contributed by atoms with E-state index in [0.29, 0.717) is 62.5 Å². The van der Waals surface area contributed by atoms with E-state index < -0.39 is 31.8 Å². The van der Waals surface area contributed by atoms with Crippen molar-refractivity contribution in [3.05, 3.63) is 53.6 Å². The van der Waals surface area contributed by atoms with Crippen molar-refractivity contribution < 1.29 is 31.5 Å². The van der Waals surface area contributed by atoms with E-state index in [0.717, 1.165) is 5.56 Å². The van der Waals surface area contributed by atoms with Crippen LogP contribution in [-0.4, -0.2) is 81.0 Å². The molecule has 0 aliphatic carbocycles. The first kappa shape index (κ1) is 30.1. The third kappa shape index (κ3) is 6.73. The number of carbonyl (C=O) groups is 1. The Labute approximate surface area is 239 Å². The normalized spacial score (nSPS) is 16.1. The third-order valence-electron chi connectivity index (χ3n) is 7.11. The molecule has 0 bridgehead atoms. The molecule has 5 N–H and O–H groups in total. The fraction of sp³-hybridized carbons (Fsp3) is 0.423. The van der Waals surface area contributed by atoms with Gasteiger partial charge in [-0.3, -0.25) is 15.6 Å². The molecular formula is C26H34N6O7S2. The minimum absolute atomic E-state index is 0.115. The number of piperidine rings is 1. The lowest BCUT2D eigenvalue weighted by Gasteiger charge is -2.33. The van der Waals surface area contributed by atoms with Crippen molar-refractivity contribution in [1.82, 2.24) is 9.80 Å². The fourth-order valence-electron chi connectivity index (χ4n) is 4.97. The molecule has 4 rings (SSSR count). The first-order chi connectivity index (χ1) is 19.3. The lowest BCUT2D eigenvalue weighted by Crippen LogP contribution is -2.41. The van der Waals surface area contributed by atoms with E-state index >= 15 is 0 Å². The fourth-order valence-corrected chi connectivity index (χ4v) is 8.51. The number of rotatable bonds is 9. The van der Waals surface area contributed by atoms with Gasteiger partial charge in [-0.1, -0.05) is 13.0 Å². The van der Waals surface area contributed by atoms with Gasteiger partial charge in [-0.05, 0) is 53.9 Å². The molecule has 0 unspecified atom stereocenters. The van der Waals surface area contributed by atoms with E-state index in [1.807, 2.05) is 11.8 Å². The number of likely N-dealkylation sites (tertiary alicyclic amines) is 1. The molecule has 0 atom stereocenters. The van der Waals surface area contributed by atoms with Crippen LogP contribution in [0.1, 0.15) is 37.3 Å².